The quantitative estimate of drug-likeness (QED) is 0.769. The third-order valence-corrected chi connectivity index (χ3v) is 5.03. The molecular formula is C15H18BrNS. The van der Waals surface area contributed by atoms with Crippen molar-refractivity contribution in [2.75, 3.05) is 5.32 Å². The first-order chi connectivity index (χ1) is 8.59. The molecule has 1 heterocycles. The summed E-state index contributed by atoms with van der Waals surface area (Å²) in [5, 5.41) is 5.79. The zero-order valence-corrected chi connectivity index (χ0v) is 13.3. The van der Waals surface area contributed by atoms with Crippen LogP contribution < -0.4 is 5.32 Å². The van der Waals surface area contributed by atoms with Crippen molar-refractivity contribution < 1.29 is 0 Å². The summed E-state index contributed by atoms with van der Waals surface area (Å²) in [7, 11) is 0. The number of nitrogens with one attached hydrogen (secondary N) is 1. The van der Waals surface area contributed by atoms with Gasteiger partial charge in [-0.05, 0) is 51.8 Å². The Balaban J connectivity index is 2.27. The van der Waals surface area contributed by atoms with E-state index in [2.05, 4.69) is 77.7 Å². The molecule has 0 amide bonds. The van der Waals surface area contributed by atoms with Crippen molar-refractivity contribution in [1.82, 2.24) is 0 Å². The predicted octanol–water partition coefficient (Wildman–Crippen LogP) is 5.63. The average molecular weight is 324 g/mol. The van der Waals surface area contributed by atoms with Crippen LogP contribution in [0.25, 0.3) is 0 Å². The van der Waals surface area contributed by atoms with Crippen LogP contribution in [0.15, 0.2) is 40.2 Å². The number of hydrogen-bond donors (Lipinski definition) is 1. The summed E-state index contributed by atoms with van der Waals surface area (Å²) < 4.78 is 1.16. The van der Waals surface area contributed by atoms with Crippen molar-refractivity contribution in [1.29, 1.82) is 0 Å². The van der Waals surface area contributed by atoms with E-state index in [4.69, 9.17) is 0 Å². The van der Waals surface area contributed by atoms with Crippen molar-refractivity contribution in [2.24, 2.45) is 5.92 Å². The zero-order valence-electron chi connectivity index (χ0n) is 10.9. The molecule has 0 fully saturated rings. The van der Waals surface area contributed by atoms with E-state index in [1.165, 1.54) is 16.1 Å². The fourth-order valence-corrected chi connectivity index (χ4v) is 3.29. The van der Waals surface area contributed by atoms with E-state index in [9.17, 15) is 0 Å². The topological polar surface area (TPSA) is 12.0 Å². The highest BCUT2D eigenvalue weighted by molar-refractivity contribution is 9.10. The van der Waals surface area contributed by atoms with E-state index in [0.29, 0.717) is 12.0 Å². The highest BCUT2D eigenvalue weighted by Gasteiger charge is 2.17. The van der Waals surface area contributed by atoms with E-state index in [0.717, 1.165) is 4.47 Å². The molecule has 1 nitrogen and oxygen atoms in total. The number of rotatable bonds is 4. The molecule has 1 aromatic heterocycles. The number of halogens is 1. The second kappa shape index (κ2) is 5.89. The Morgan fingerprint density at radius 1 is 1.17 bits per heavy atom. The van der Waals surface area contributed by atoms with Gasteiger partial charge in [-0.25, -0.2) is 0 Å². The Labute approximate surface area is 121 Å². The van der Waals surface area contributed by atoms with Gasteiger partial charge in [0.05, 0.1) is 6.04 Å². The maximum absolute atomic E-state index is 3.66. The molecule has 0 saturated heterocycles. The second-order valence-electron chi connectivity index (χ2n) is 4.82. The summed E-state index contributed by atoms with van der Waals surface area (Å²) in [6.07, 6.45) is 0. The molecule has 0 radical (unpaired) electrons. The third-order valence-electron chi connectivity index (χ3n) is 3.02. The van der Waals surface area contributed by atoms with Crippen molar-refractivity contribution in [2.45, 2.75) is 26.8 Å². The van der Waals surface area contributed by atoms with Gasteiger partial charge in [-0.15, -0.1) is 11.3 Å². The molecule has 1 N–H and O–H groups in total. The van der Waals surface area contributed by atoms with Crippen LogP contribution in [0.4, 0.5) is 5.69 Å². The average Bonchev–Trinajstić information content (AvgIpc) is 2.84. The van der Waals surface area contributed by atoms with E-state index in [1.54, 1.807) is 0 Å². The van der Waals surface area contributed by atoms with Crippen LogP contribution in [0.1, 0.15) is 30.3 Å². The van der Waals surface area contributed by atoms with Gasteiger partial charge >= 0.3 is 0 Å². The summed E-state index contributed by atoms with van der Waals surface area (Å²) in [4.78, 5) is 1.39. The Morgan fingerprint density at radius 2 is 1.94 bits per heavy atom. The SMILES string of the molecule is Cc1cccc(NC(c2cccs2)C(C)C)c1Br. The molecule has 0 aliphatic carbocycles. The van der Waals surface area contributed by atoms with Gasteiger partial charge in [0.15, 0.2) is 0 Å². The van der Waals surface area contributed by atoms with Crippen molar-refractivity contribution in [3.8, 4) is 0 Å². The lowest BCUT2D eigenvalue weighted by Gasteiger charge is -2.23. The monoisotopic (exact) mass is 323 g/mol. The van der Waals surface area contributed by atoms with Crippen LogP contribution in [-0.2, 0) is 0 Å². The Hall–Kier alpha value is -0.800. The molecule has 1 unspecified atom stereocenters. The van der Waals surface area contributed by atoms with Crippen molar-refractivity contribution in [3.63, 3.8) is 0 Å². The van der Waals surface area contributed by atoms with Crippen molar-refractivity contribution in [3.05, 3.63) is 50.6 Å². The van der Waals surface area contributed by atoms with Gasteiger partial charge in [0, 0.05) is 15.0 Å². The van der Waals surface area contributed by atoms with Gasteiger partial charge in [0.2, 0.25) is 0 Å². The standard InChI is InChI=1S/C15H18BrNS/c1-10(2)15(13-8-5-9-18-13)17-12-7-4-6-11(3)14(12)16/h4-10,15,17H,1-3H3. The zero-order chi connectivity index (χ0) is 13.1. The molecule has 0 bridgehead atoms. The first-order valence-corrected chi connectivity index (χ1v) is 7.82. The Kier molecular flexibility index (Phi) is 4.46. The summed E-state index contributed by atoms with van der Waals surface area (Å²) in [6.45, 7) is 6.62. The number of benzene rings is 1. The summed E-state index contributed by atoms with van der Waals surface area (Å²) in [5.74, 6) is 0.552. The van der Waals surface area contributed by atoms with Crippen molar-refractivity contribution >= 4 is 33.0 Å². The molecule has 1 atom stereocenters. The minimum Gasteiger partial charge on any atom is -0.376 e. The van der Waals surface area contributed by atoms with Crippen LogP contribution in [0.3, 0.4) is 0 Å². The van der Waals surface area contributed by atoms with Crippen LogP contribution in [0, 0.1) is 12.8 Å². The minimum absolute atomic E-state index is 0.364. The molecule has 0 spiro atoms. The normalized spacial score (nSPS) is 12.7. The lowest BCUT2D eigenvalue weighted by atomic mass is 10.0. The van der Waals surface area contributed by atoms with Gasteiger partial charge in [-0.2, -0.15) is 0 Å². The fraction of sp³-hybridized carbons (Fsp3) is 0.333. The molecule has 18 heavy (non-hydrogen) atoms. The van der Waals surface area contributed by atoms with E-state index < -0.39 is 0 Å². The highest BCUT2D eigenvalue weighted by atomic mass is 79.9. The third kappa shape index (κ3) is 2.96. The predicted molar refractivity (Wildman–Crippen MR) is 84.4 cm³/mol. The molecule has 3 heteroatoms. The van der Waals surface area contributed by atoms with E-state index >= 15 is 0 Å². The summed E-state index contributed by atoms with van der Waals surface area (Å²) in [6, 6.07) is 11.0. The highest BCUT2D eigenvalue weighted by Crippen LogP contribution is 2.33. The smallest absolute Gasteiger partial charge is 0.0629 e. The Morgan fingerprint density at radius 3 is 2.56 bits per heavy atom. The van der Waals surface area contributed by atoms with Crippen LogP contribution in [-0.4, -0.2) is 0 Å². The van der Waals surface area contributed by atoms with Gasteiger partial charge in [-0.1, -0.05) is 32.0 Å². The van der Waals surface area contributed by atoms with Gasteiger partial charge in [0.25, 0.3) is 0 Å². The molecule has 0 aliphatic heterocycles. The van der Waals surface area contributed by atoms with Gasteiger partial charge < -0.3 is 5.32 Å². The minimum atomic E-state index is 0.364. The van der Waals surface area contributed by atoms with Crippen LogP contribution in [0.2, 0.25) is 0 Å². The maximum Gasteiger partial charge on any atom is 0.0629 e. The lowest BCUT2D eigenvalue weighted by molar-refractivity contribution is 0.553. The summed E-state index contributed by atoms with van der Waals surface area (Å²) >= 11 is 5.47. The molecule has 0 aliphatic rings. The Bertz CT molecular complexity index is 505. The maximum atomic E-state index is 3.66. The largest absolute Gasteiger partial charge is 0.376 e. The number of thiophene rings is 1. The van der Waals surface area contributed by atoms with Crippen LogP contribution in [0.5, 0.6) is 0 Å². The first-order valence-electron chi connectivity index (χ1n) is 6.14. The molecule has 1 aromatic carbocycles. The summed E-state index contributed by atoms with van der Waals surface area (Å²) in [5.41, 5.74) is 2.43. The first kappa shape index (κ1) is 13.6. The molecule has 96 valence electrons. The van der Waals surface area contributed by atoms with E-state index in [-0.39, 0.29) is 0 Å². The molecule has 0 saturated carbocycles. The molecule has 2 aromatic rings. The second-order valence-corrected chi connectivity index (χ2v) is 6.59. The number of anilines is 1. The van der Waals surface area contributed by atoms with Crippen LogP contribution >= 0.6 is 27.3 Å². The number of aryl methyl sites for hydroxylation is 1. The van der Waals surface area contributed by atoms with Gasteiger partial charge in [0.1, 0.15) is 0 Å². The fourth-order valence-electron chi connectivity index (χ4n) is 1.96. The van der Waals surface area contributed by atoms with E-state index in [1.807, 2.05) is 11.3 Å². The molecular weight excluding hydrogens is 306 g/mol. The number of hydrogen-bond acceptors (Lipinski definition) is 2. The lowest BCUT2D eigenvalue weighted by Crippen LogP contribution is -2.16. The molecule has 2 rings (SSSR count). The van der Waals surface area contributed by atoms with Gasteiger partial charge in [-0.3, -0.25) is 0 Å².